The highest BCUT2D eigenvalue weighted by Gasteiger charge is 2.49. The third kappa shape index (κ3) is 5.61. The highest BCUT2D eigenvalue weighted by molar-refractivity contribution is 7.87. The van der Waals surface area contributed by atoms with Gasteiger partial charge in [0.15, 0.2) is 17.3 Å². The molecule has 0 spiro atoms. The molecule has 0 radical (unpaired) electrons. The fourth-order valence-corrected chi connectivity index (χ4v) is 8.10. The molecule has 0 unspecified atom stereocenters. The predicted octanol–water partition coefficient (Wildman–Crippen LogP) is 7.86. The van der Waals surface area contributed by atoms with E-state index in [1.165, 1.54) is 12.1 Å². The van der Waals surface area contributed by atoms with E-state index >= 15 is 0 Å². The monoisotopic (exact) mass is 615 g/mol. The lowest BCUT2D eigenvalue weighted by Gasteiger charge is -2.49. The van der Waals surface area contributed by atoms with Gasteiger partial charge in [-0.3, -0.25) is 9.59 Å². The first-order valence-corrected chi connectivity index (χ1v) is 16.1. The fourth-order valence-electron chi connectivity index (χ4n) is 6.45. The van der Waals surface area contributed by atoms with Crippen molar-refractivity contribution in [2.75, 3.05) is 6.54 Å². The first kappa shape index (κ1) is 29.9. The average Bonchev–Trinajstić information content (AvgIpc) is 2.86. The summed E-state index contributed by atoms with van der Waals surface area (Å²) >= 11 is 13.3. The lowest BCUT2D eigenvalue weighted by molar-refractivity contribution is -0.119. The predicted molar refractivity (Wildman–Crippen MR) is 161 cm³/mol. The molecule has 0 saturated carbocycles. The lowest BCUT2D eigenvalue weighted by atomic mass is 9.63. The van der Waals surface area contributed by atoms with Gasteiger partial charge in [-0.25, -0.2) is 0 Å². The molecule has 2 aliphatic carbocycles. The number of carbonyl (C=O) groups excluding carboxylic acids is 2. The van der Waals surface area contributed by atoms with Gasteiger partial charge in [0.2, 0.25) is 0 Å². The molecule has 41 heavy (non-hydrogen) atoms. The van der Waals surface area contributed by atoms with Gasteiger partial charge in [-0.1, -0.05) is 76.0 Å². The Morgan fingerprint density at radius 1 is 0.854 bits per heavy atom. The first-order chi connectivity index (χ1) is 19.1. The molecule has 0 saturated heterocycles. The Kier molecular flexibility index (Phi) is 7.71. The summed E-state index contributed by atoms with van der Waals surface area (Å²) in [6.45, 7) is 11.2. The minimum Gasteiger partial charge on any atom is -0.376 e. The summed E-state index contributed by atoms with van der Waals surface area (Å²) < 4.78 is 31.2. The van der Waals surface area contributed by atoms with Gasteiger partial charge in [-0.2, -0.15) is 8.42 Å². The molecule has 1 aliphatic heterocycles. The van der Waals surface area contributed by atoms with Gasteiger partial charge in [0.1, 0.15) is 4.90 Å². The second-order valence-electron chi connectivity index (χ2n) is 12.9. The zero-order valence-corrected chi connectivity index (χ0v) is 26.3. The quantitative estimate of drug-likeness (QED) is 0.308. The van der Waals surface area contributed by atoms with E-state index in [2.05, 4.69) is 39.5 Å². The van der Waals surface area contributed by atoms with E-state index < -0.39 is 16.0 Å². The van der Waals surface area contributed by atoms with E-state index in [0.29, 0.717) is 48.9 Å². The molecule has 0 N–H and O–H groups in total. The highest BCUT2D eigenvalue weighted by Crippen LogP contribution is 2.55. The molecule has 3 aliphatic rings. The van der Waals surface area contributed by atoms with Gasteiger partial charge >= 0.3 is 10.1 Å². The molecule has 5 rings (SSSR count). The number of Topliss-reactive ketones (excluding diaryl/α,β-unsaturated/α-hetero) is 2. The number of hydrogen-bond donors (Lipinski definition) is 0. The van der Waals surface area contributed by atoms with E-state index in [1.54, 1.807) is 30.3 Å². The van der Waals surface area contributed by atoms with Gasteiger partial charge in [0.05, 0.1) is 10.0 Å². The number of nitrogens with zero attached hydrogens (tertiary/aromatic N) is 1. The van der Waals surface area contributed by atoms with Crippen LogP contribution in [0.5, 0.6) is 5.75 Å². The number of benzene rings is 2. The van der Waals surface area contributed by atoms with Crippen LogP contribution in [0.1, 0.15) is 78.2 Å². The molecule has 0 aromatic heterocycles. The minimum absolute atomic E-state index is 0.00534. The van der Waals surface area contributed by atoms with Crippen LogP contribution >= 0.6 is 23.2 Å². The number of carbonyl (C=O) groups is 2. The summed E-state index contributed by atoms with van der Waals surface area (Å²) in [4.78, 5) is 30.0. The van der Waals surface area contributed by atoms with Crippen LogP contribution in [0.4, 0.5) is 0 Å². The third-order valence-electron chi connectivity index (χ3n) is 8.05. The number of halogens is 2. The molecular formula is C32H35Cl2NO5S. The fraction of sp³-hybridized carbons (Fsp3) is 0.438. The van der Waals surface area contributed by atoms with E-state index in [0.717, 1.165) is 17.8 Å². The van der Waals surface area contributed by atoms with Gasteiger partial charge in [0, 0.05) is 47.8 Å². The van der Waals surface area contributed by atoms with Crippen molar-refractivity contribution in [1.29, 1.82) is 0 Å². The Morgan fingerprint density at radius 3 is 1.80 bits per heavy atom. The van der Waals surface area contributed by atoms with Crippen molar-refractivity contribution in [3.63, 3.8) is 0 Å². The van der Waals surface area contributed by atoms with Crippen LogP contribution in [0.3, 0.4) is 0 Å². The molecule has 0 amide bonds. The van der Waals surface area contributed by atoms with Crippen LogP contribution in [0.2, 0.25) is 10.0 Å². The van der Waals surface area contributed by atoms with E-state index in [9.17, 15) is 18.0 Å². The molecule has 2 aromatic rings. The van der Waals surface area contributed by atoms with Crippen LogP contribution in [-0.2, 0) is 19.7 Å². The van der Waals surface area contributed by atoms with Crippen LogP contribution < -0.4 is 4.18 Å². The molecule has 0 bridgehead atoms. The van der Waals surface area contributed by atoms with Crippen molar-refractivity contribution < 1.29 is 22.2 Å². The Labute approximate surface area is 252 Å². The number of ketones is 2. The zero-order chi connectivity index (χ0) is 29.9. The SMILES string of the molecule is CCCN1C2=C(C(=O)CC(C)(C)C2)C(c2cc(Cl)c(OS(=O)(=O)c3ccccc3)c(Cl)c2)C2=C1CC(C)(C)CC2=O. The molecule has 6 nitrogen and oxygen atoms in total. The Bertz CT molecular complexity index is 1530. The van der Waals surface area contributed by atoms with Crippen LogP contribution in [-0.4, -0.2) is 31.4 Å². The summed E-state index contributed by atoms with van der Waals surface area (Å²) in [5, 5.41) is -0.0288. The van der Waals surface area contributed by atoms with Gasteiger partial charge in [0.25, 0.3) is 0 Å². The largest absolute Gasteiger partial charge is 0.376 e. The van der Waals surface area contributed by atoms with Crippen molar-refractivity contribution in [3.8, 4) is 5.75 Å². The number of allylic oxidation sites excluding steroid dienone is 4. The summed E-state index contributed by atoms with van der Waals surface area (Å²) in [5.41, 5.74) is 3.27. The van der Waals surface area contributed by atoms with E-state index in [4.69, 9.17) is 27.4 Å². The van der Waals surface area contributed by atoms with Crippen molar-refractivity contribution in [1.82, 2.24) is 4.90 Å². The third-order valence-corrected chi connectivity index (χ3v) is 9.85. The van der Waals surface area contributed by atoms with Crippen LogP contribution in [0.25, 0.3) is 0 Å². The topological polar surface area (TPSA) is 80.8 Å². The minimum atomic E-state index is -4.19. The van der Waals surface area contributed by atoms with Crippen molar-refractivity contribution in [2.24, 2.45) is 10.8 Å². The van der Waals surface area contributed by atoms with Crippen molar-refractivity contribution >= 4 is 44.9 Å². The molecule has 1 heterocycles. The molecule has 2 aromatic carbocycles. The summed E-state index contributed by atoms with van der Waals surface area (Å²) in [5.74, 6) is -0.827. The van der Waals surface area contributed by atoms with Gasteiger partial charge < -0.3 is 9.08 Å². The molecule has 9 heteroatoms. The average molecular weight is 617 g/mol. The molecule has 218 valence electrons. The summed E-state index contributed by atoms with van der Waals surface area (Å²) in [6.07, 6.45) is 2.99. The molecule has 0 atom stereocenters. The standard InChI is InChI=1S/C32H35Cl2NO5S/c1-6-12-35-23-15-31(2,3)17-25(36)28(23)27(29-24(35)16-32(4,5)18-26(29)37)19-13-21(33)30(22(34)14-19)40-41(38,39)20-10-8-7-9-11-20/h7-11,13-14,27H,6,12,15-18H2,1-5H3. The normalized spacial score (nSPS) is 20.7. The maximum atomic E-state index is 13.9. The van der Waals surface area contributed by atoms with Crippen LogP contribution in [0.15, 0.2) is 69.9 Å². The molecule has 0 fully saturated rings. The maximum Gasteiger partial charge on any atom is 0.339 e. The highest BCUT2D eigenvalue weighted by atomic mass is 35.5. The number of hydrogen-bond acceptors (Lipinski definition) is 6. The smallest absolute Gasteiger partial charge is 0.339 e. The second-order valence-corrected chi connectivity index (χ2v) is 15.2. The van der Waals surface area contributed by atoms with Crippen molar-refractivity contribution in [2.45, 2.75) is 77.5 Å². The number of rotatable bonds is 6. The van der Waals surface area contributed by atoms with Gasteiger partial charge in [-0.15, -0.1) is 0 Å². The van der Waals surface area contributed by atoms with Gasteiger partial charge in [-0.05, 0) is 59.9 Å². The van der Waals surface area contributed by atoms with Crippen LogP contribution in [0, 0.1) is 10.8 Å². The zero-order valence-electron chi connectivity index (χ0n) is 24.0. The van der Waals surface area contributed by atoms with E-state index in [1.807, 2.05) is 0 Å². The summed E-state index contributed by atoms with van der Waals surface area (Å²) in [6, 6.07) is 10.9. The summed E-state index contributed by atoms with van der Waals surface area (Å²) in [7, 11) is -4.19. The molecular weight excluding hydrogens is 581 g/mol. The lowest BCUT2D eigenvalue weighted by Crippen LogP contribution is -2.44. The van der Waals surface area contributed by atoms with E-state index in [-0.39, 0.29) is 43.1 Å². The Morgan fingerprint density at radius 2 is 1.34 bits per heavy atom. The first-order valence-electron chi connectivity index (χ1n) is 13.9. The Balaban J connectivity index is 1.68. The Hall–Kier alpha value is -2.61. The van der Waals surface area contributed by atoms with Crippen molar-refractivity contribution in [3.05, 3.63) is 80.6 Å². The maximum absolute atomic E-state index is 13.9. The second kappa shape index (κ2) is 10.6.